The van der Waals surface area contributed by atoms with Crippen molar-refractivity contribution in [3.05, 3.63) is 0 Å². The maximum absolute atomic E-state index is 13.2. The number of aliphatic carboxylic acids is 1. The minimum absolute atomic E-state index is 0.313. The van der Waals surface area contributed by atoms with E-state index in [0.717, 1.165) is 27.7 Å². The average molecular weight is 1550 g/mol. The normalized spacial score (nSPS) is 46.5. The molecule has 0 aromatic carbocycles. The molecule has 4 amide bonds. The Morgan fingerprint density at radius 2 is 0.802 bits per heavy atom. The van der Waals surface area contributed by atoms with Gasteiger partial charge in [0.05, 0.1) is 77.6 Å². The van der Waals surface area contributed by atoms with Crippen LogP contribution in [0.5, 0.6) is 0 Å². The highest BCUT2D eigenvalue weighted by Gasteiger charge is 2.62. The zero-order chi connectivity index (χ0) is 78.4. The van der Waals surface area contributed by atoms with E-state index in [2.05, 4.69) is 21.3 Å². The minimum Gasteiger partial charge on any atom is -0.477 e. The van der Waals surface area contributed by atoms with E-state index < -0.39 is 334 Å². The van der Waals surface area contributed by atoms with Crippen LogP contribution in [-0.4, -0.2) is 451 Å². The van der Waals surface area contributed by atoms with Crippen molar-refractivity contribution in [1.82, 2.24) is 21.3 Å². The number of aliphatic hydroxyl groups excluding tert-OH is 22. The third-order valence-electron chi connectivity index (χ3n) is 19.2. The number of hydrogen-bond donors (Lipinski definition) is 27. The maximum atomic E-state index is 13.2. The monoisotopic (exact) mass is 1550 g/mol. The third kappa shape index (κ3) is 19.3. The van der Waals surface area contributed by atoms with Crippen molar-refractivity contribution in [3.63, 3.8) is 0 Å². The van der Waals surface area contributed by atoms with Gasteiger partial charge in [0.25, 0.3) is 5.79 Å². The van der Waals surface area contributed by atoms with Gasteiger partial charge in [-0.2, -0.15) is 0 Å². The Bertz CT molecular complexity index is 2840. The first-order chi connectivity index (χ1) is 50.0. The lowest BCUT2D eigenvalue weighted by molar-refractivity contribution is -0.392. The fraction of sp³-hybridized carbons (Fsp3) is 0.915. The molecule has 0 aromatic rings. The second-order valence-corrected chi connectivity index (χ2v) is 26.7. The van der Waals surface area contributed by atoms with Crippen molar-refractivity contribution >= 4 is 29.6 Å². The van der Waals surface area contributed by atoms with Crippen LogP contribution in [0.2, 0.25) is 0 Å². The summed E-state index contributed by atoms with van der Waals surface area (Å²) in [5, 5.41) is 263. The van der Waals surface area contributed by atoms with E-state index in [1.807, 2.05) is 0 Å². The number of hydrogen-bond acceptors (Lipinski definition) is 42. The van der Waals surface area contributed by atoms with E-state index in [0.29, 0.717) is 0 Å². The fourth-order valence-corrected chi connectivity index (χ4v) is 13.6. The number of rotatable bonds is 29. The zero-order valence-electron chi connectivity index (χ0n) is 57.0. The Morgan fingerprint density at radius 3 is 1.28 bits per heavy atom. The summed E-state index contributed by atoms with van der Waals surface area (Å²) in [7, 11) is 0. The van der Waals surface area contributed by atoms with E-state index in [1.54, 1.807) is 0 Å². The number of carbonyl (C=O) groups is 5. The Labute approximate surface area is 600 Å². The summed E-state index contributed by atoms with van der Waals surface area (Å²) in [6.07, 6.45) is -74.2. The number of ether oxygens (including phenoxy) is 15. The van der Waals surface area contributed by atoms with E-state index in [4.69, 9.17) is 71.1 Å². The number of carbonyl (C=O) groups excluding carboxylic acids is 4. The van der Waals surface area contributed by atoms with E-state index in [1.165, 1.54) is 0 Å². The first-order valence-corrected chi connectivity index (χ1v) is 33.6. The number of carboxylic acids is 1. The molecule has 0 aliphatic carbocycles. The standard InChI is InChI=1S/C59H98N4O43/c1-15(71)60-19-13-92-25(10-68)45(32(19)77)100-52-30(62-17(3)73)38(83)46(26(11-69)97-52)101-55-43(88)49(103-54-42(87)40(85)34(79)22(7-65)94-54)37(82)28(99-55)14-93-57-51(41(86)35(80)23(8-66)96-57)104-53-31(63-18(4)74)39(84)47(27(12-70)98-53)102-56-44(89)50(36(81)24(9-67)95-56)106-59(58(90)91)5-20(75)29(61-16(2)72)48(105-59)33(78)21(76)6-64/h19-57,64-70,75-89H,5-14H2,1-4H3,(H,60,71)(H,61,72)(H,62,73)(H,63,74)(H,90,91)/t19-,20-,21+,22+,23+,24+,25+,26+,27+,28+,29+,30+,31+,32+,33+,34+,35+,36-,37+,38+,39+,40-,41-,42-,43-,44+,45+,46+,47+,48+,49-,50-,51-,52-,53-,54-,55-,56-,57-,59-/m0/s1. The lowest BCUT2D eigenvalue weighted by atomic mass is 9.88. The molecule has 612 valence electrons. The van der Waals surface area contributed by atoms with Crippen LogP contribution in [0.25, 0.3) is 0 Å². The van der Waals surface area contributed by atoms with Gasteiger partial charge in [0.1, 0.15) is 183 Å². The van der Waals surface area contributed by atoms with Crippen molar-refractivity contribution in [2.75, 3.05) is 59.5 Å². The van der Waals surface area contributed by atoms with E-state index in [-0.39, 0.29) is 6.61 Å². The molecule has 106 heavy (non-hydrogen) atoms. The molecule has 8 saturated heterocycles. The summed E-state index contributed by atoms with van der Waals surface area (Å²) >= 11 is 0. The molecule has 8 aliphatic rings. The van der Waals surface area contributed by atoms with Crippen molar-refractivity contribution in [3.8, 4) is 0 Å². The average Bonchev–Trinajstić information content (AvgIpc) is 0.747. The van der Waals surface area contributed by atoms with Gasteiger partial charge in [-0.1, -0.05) is 0 Å². The molecule has 0 saturated carbocycles. The van der Waals surface area contributed by atoms with Gasteiger partial charge in [0, 0.05) is 34.1 Å². The second kappa shape index (κ2) is 37.9. The van der Waals surface area contributed by atoms with E-state index in [9.17, 15) is 141 Å². The van der Waals surface area contributed by atoms with Crippen LogP contribution < -0.4 is 21.3 Å². The lowest BCUT2D eigenvalue weighted by Gasteiger charge is -2.51. The molecule has 0 bridgehead atoms. The van der Waals surface area contributed by atoms with Gasteiger partial charge in [0.2, 0.25) is 23.6 Å². The predicted molar refractivity (Wildman–Crippen MR) is 327 cm³/mol. The van der Waals surface area contributed by atoms with Gasteiger partial charge in [-0.05, 0) is 0 Å². The van der Waals surface area contributed by atoms with Gasteiger partial charge in [0.15, 0.2) is 37.7 Å². The van der Waals surface area contributed by atoms with Gasteiger partial charge >= 0.3 is 5.97 Å². The fourth-order valence-electron chi connectivity index (χ4n) is 13.6. The third-order valence-corrected chi connectivity index (χ3v) is 19.2. The number of carboxylic acid groups (broad SMARTS) is 1. The van der Waals surface area contributed by atoms with Gasteiger partial charge in [-0.3, -0.25) is 19.2 Å². The van der Waals surface area contributed by atoms with Crippen molar-refractivity contribution in [1.29, 1.82) is 0 Å². The van der Waals surface area contributed by atoms with Crippen LogP contribution in [0, 0.1) is 0 Å². The predicted octanol–water partition coefficient (Wildman–Crippen LogP) is -18.0. The largest absolute Gasteiger partial charge is 0.477 e. The topological polar surface area (TPSA) is 737 Å². The Morgan fingerprint density at radius 1 is 0.406 bits per heavy atom. The molecule has 0 radical (unpaired) electrons. The first kappa shape index (κ1) is 87.4. The van der Waals surface area contributed by atoms with Crippen LogP contribution in [0.3, 0.4) is 0 Å². The SMILES string of the molecule is CC(=O)N[C@H]1[C@H](O[C@H]2[C@H](O)[C@@H](NC(C)=O)CO[C@@H]2CO)O[C@H](CO)[C@@H](O[C@@H]2O[C@H](CO[C@H]3O[C@H](CO)[C@@H](O)[C@H](O)[C@@H]3O[C@@H]3O[C@H](CO)[C@@H](O[C@@H]4O[C@H](CO)[C@H](O)[C@H](O[C@]5(C(=O)O)C[C@H](O)[C@@H](NC(C)=O)[C@H]([C@H](O)[C@H](O)CO)O5)[C@H]4O)[C@H](O)[C@H]3NC(C)=O)[C@@H](O)[C@H](O[C@@H]3O[C@H](CO)[C@@H](O)[C@H](O)[C@@H]3O)[C@@H]2O)[C@@H]1O. The minimum atomic E-state index is -3.26. The van der Waals surface area contributed by atoms with Crippen LogP contribution in [0.15, 0.2) is 0 Å². The molecular formula is C59H98N4O43. The molecule has 47 nitrogen and oxygen atoms in total. The number of nitrogens with one attached hydrogen (secondary N) is 4. The molecule has 8 aliphatic heterocycles. The number of amides is 4. The van der Waals surface area contributed by atoms with Gasteiger partial charge in [-0.15, -0.1) is 0 Å². The Kier molecular flexibility index (Phi) is 31.3. The van der Waals surface area contributed by atoms with Crippen LogP contribution in [0.4, 0.5) is 0 Å². The van der Waals surface area contributed by atoms with Crippen molar-refractivity contribution in [2.24, 2.45) is 0 Å². The summed E-state index contributed by atoms with van der Waals surface area (Å²) in [5.41, 5.74) is 0. The molecule has 8 fully saturated rings. The molecule has 8 rings (SSSR count). The number of aliphatic hydroxyl groups is 22. The molecule has 8 heterocycles. The summed E-state index contributed by atoms with van der Waals surface area (Å²) < 4.78 is 88.1. The lowest BCUT2D eigenvalue weighted by Crippen LogP contribution is -2.71. The molecule has 40 atom stereocenters. The van der Waals surface area contributed by atoms with Crippen molar-refractivity contribution < 1.29 is 212 Å². The highest BCUT2D eigenvalue weighted by molar-refractivity contribution is 5.77. The molecule has 27 N–H and O–H groups in total. The van der Waals surface area contributed by atoms with Crippen LogP contribution in [-0.2, 0) is 95.0 Å². The van der Waals surface area contributed by atoms with Crippen molar-refractivity contribution in [2.45, 2.75) is 279 Å². The second-order valence-electron chi connectivity index (χ2n) is 26.7. The Balaban J connectivity index is 1.06. The molecule has 47 heteroatoms. The van der Waals surface area contributed by atoms with Crippen LogP contribution >= 0.6 is 0 Å². The summed E-state index contributed by atoms with van der Waals surface area (Å²) in [5.74, 6) is -8.70. The first-order valence-electron chi connectivity index (χ1n) is 33.6. The maximum Gasteiger partial charge on any atom is 0.364 e. The smallest absolute Gasteiger partial charge is 0.364 e. The highest BCUT2D eigenvalue weighted by Crippen LogP contribution is 2.41. The van der Waals surface area contributed by atoms with Gasteiger partial charge < -0.3 is 210 Å². The molecule has 0 unspecified atom stereocenters. The summed E-state index contributed by atoms with van der Waals surface area (Å²) in [6, 6.07) is -6.64. The zero-order valence-corrected chi connectivity index (χ0v) is 57.0. The van der Waals surface area contributed by atoms with E-state index >= 15 is 0 Å². The summed E-state index contributed by atoms with van der Waals surface area (Å²) in [6.45, 7) is -5.04. The Hall–Kier alpha value is -4.13. The molecule has 0 aromatic heterocycles. The van der Waals surface area contributed by atoms with Crippen LogP contribution in [0.1, 0.15) is 34.1 Å². The summed E-state index contributed by atoms with van der Waals surface area (Å²) in [4.78, 5) is 63.1. The highest BCUT2D eigenvalue weighted by atomic mass is 16.8. The molecule has 0 spiro atoms. The van der Waals surface area contributed by atoms with Gasteiger partial charge in [-0.25, -0.2) is 4.79 Å². The molecular weight excluding hydrogens is 1450 g/mol. The quantitative estimate of drug-likeness (QED) is 0.0331.